The summed E-state index contributed by atoms with van der Waals surface area (Å²) in [6, 6.07) is 12.0. The van der Waals surface area contributed by atoms with Crippen molar-refractivity contribution >= 4 is 27.4 Å². The van der Waals surface area contributed by atoms with Crippen LogP contribution in [0.5, 0.6) is 0 Å². The van der Waals surface area contributed by atoms with Crippen molar-refractivity contribution in [2.75, 3.05) is 11.0 Å². The molecule has 7 heteroatoms. The normalized spacial score (nSPS) is 12.3. The van der Waals surface area contributed by atoms with E-state index in [1.807, 2.05) is 26.0 Å². The smallest absolute Gasteiger partial charge is 0.229 e. The highest BCUT2D eigenvalue weighted by Crippen LogP contribution is 2.23. The van der Waals surface area contributed by atoms with Crippen molar-refractivity contribution in [1.82, 2.24) is 5.32 Å². The van der Waals surface area contributed by atoms with E-state index in [9.17, 15) is 18.0 Å². The number of benzene rings is 2. The van der Waals surface area contributed by atoms with Gasteiger partial charge in [0.05, 0.1) is 18.0 Å². The van der Waals surface area contributed by atoms with Crippen LogP contribution in [0.3, 0.4) is 0 Å². The Kier molecular flexibility index (Phi) is 6.96. The van der Waals surface area contributed by atoms with Crippen molar-refractivity contribution in [1.29, 1.82) is 0 Å². The molecule has 28 heavy (non-hydrogen) atoms. The van der Waals surface area contributed by atoms with Crippen LogP contribution in [0, 0.1) is 13.8 Å². The first-order valence-corrected chi connectivity index (χ1v) is 10.9. The second-order valence-electron chi connectivity index (χ2n) is 6.97. The molecule has 150 valence electrons. The predicted octanol–water partition coefficient (Wildman–Crippen LogP) is 3.52. The van der Waals surface area contributed by atoms with Crippen LogP contribution in [-0.2, 0) is 14.8 Å². The van der Waals surface area contributed by atoms with Crippen molar-refractivity contribution in [3.63, 3.8) is 0 Å². The number of aryl methyl sites for hydroxylation is 2. The van der Waals surface area contributed by atoms with Crippen LogP contribution >= 0.6 is 0 Å². The van der Waals surface area contributed by atoms with Crippen LogP contribution in [0.15, 0.2) is 42.5 Å². The van der Waals surface area contributed by atoms with Gasteiger partial charge in [0.15, 0.2) is 5.78 Å². The van der Waals surface area contributed by atoms with E-state index in [-0.39, 0.29) is 24.5 Å². The molecule has 0 aliphatic carbocycles. The van der Waals surface area contributed by atoms with Gasteiger partial charge in [0.1, 0.15) is 0 Å². The number of hydrogen-bond donors (Lipinski definition) is 2. The van der Waals surface area contributed by atoms with Crippen LogP contribution in [0.25, 0.3) is 0 Å². The third kappa shape index (κ3) is 6.20. The average Bonchev–Trinajstić information content (AvgIpc) is 2.61. The number of carbonyl (C=O) groups excluding carboxylic acids is 2. The summed E-state index contributed by atoms with van der Waals surface area (Å²) < 4.78 is 25.5. The Bertz CT molecular complexity index is 984. The third-order valence-corrected chi connectivity index (χ3v) is 5.10. The zero-order valence-corrected chi connectivity index (χ0v) is 17.4. The molecule has 2 rings (SSSR count). The molecule has 0 radical (unpaired) electrons. The van der Waals surface area contributed by atoms with Crippen molar-refractivity contribution in [3.8, 4) is 0 Å². The fourth-order valence-electron chi connectivity index (χ4n) is 2.84. The summed E-state index contributed by atoms with van der Waals surface area (Å²) >= 11 is 0. The third-order valence-electron chi connectivity index (χ3n) is 4.51. The Balaban J connectivity index is 1.98. The van der Waals surface area contributed by atoms with Gasteiger partial charge in [0.25, 0.3) is 0 Å². The summed E-state index contributed by atoms with van der Waals surface area (Å²) in [5, 5.41) is 2.82. The molecule has 0 spiro atoms. The summed E-state index contributed by atoms with van der Waals surface area (Å²) in [4.78, 5) is 24.6. The van der Waals surface area contributed by atoms with Gasteiger partial charge < -0.3 is 5.32 Å². The fourth-order valence-corrected chi connectivity index (χ4v) is 3.43. The summed E-state index contributed by atoms with van der Waals surface area (Å²) in [6.45, 7) is 5.70. The molecule has 1 atom stereocenters. The Morgan fingerprint density at radius 3 is 2.32 bits per heavy atom. The Hall–Kier alpha value is -2.67. The quantitative estimate of drug-likeness (QED) is 0.661. The van der Waals surface area contributed by atoms with Gasteiger partial charge in [-0.15, -0.1) is 0 Å². The maximum Gasteiger partial charge on any atom is 0.229 e. The van der Waals surface area contributed by atoms with Gasteiger partial charge in [-0.3, -0.25) is 14.3 Å². The van der Waals surface area contributed by atoms with Crippen molar-refractivity contribution in [2.45, 2.75) is 39.7 Å². The first-order chi connectivity index (χ1) is 13.1. The highest BCUT2D eigenvalue weighted by Gasteiger charge is 2.16. The molecule has 0 bridgehead atoms. The number of rotatable bonds is 8. The molecule has 1 amide bonds. The van der Waals surface area contributed by atoms with Gasteiger partial charge in [-0.1, -0.05) is 30.3 Å². The summed E-state index contributed by atoms with van der Waals surface area (Å²) in [6.07, 6.45) is 1.26. The standard InChI is InChI=1S/C21H26N2O4S/c1-14-9-10-17(13-15(14)2)20(24)11-12-21(25)22-16(3)18-7-5-6-8-19(18)23-28(4,26)27/h5-10,13,16,23H,11-12H2,1-4H3,(H,22,25)/t16-/m1/s1. The molecule has 2 N–H and O–H groups in total. The lowest BCUT2D eigenvalue weighted by molar-refractivity contribution is -0.121. The van der Waals surface area contributed by atoms with E-state index < -0.39 is 16.1 Å². The first kappa shape index (κ1) is 21.6. The topological polar surface area (TPSA) is 92.3 Å². The maximum absolute atomic E-state index is 12.3. The first-order valence-electron chi connectivity index (χ1n) is 9.03. The van der Waals surface area contributed by atoms with Crippen LogP contribution in [0.2, 0.25) is 0 Å². The van der Waals surface area contributed by atoms with Crippen molar-refractivity contribution in [3.05, 3.63) is 64.7 Å². The number of amides is 1. The molecule has 0 saturated carbocycles. The largest absolute Gasteiger partial charge is 0.349 e. The molecule has 0 aliphatic heterocycles. The number of ketones is 1. The zero-order valence-electron chi connectivity index (χ0n) is 16.6. The van der Waals surface area contributed by atoms with E-state index in [2.05, 4.69) is 10.0 Å². The second-order valence-corrected chi connectivity index (χ2v) is 8.72. The summed E-state index contributed by atoms with van der Waals surface area (Å²) in [7, 11) is -3.43. The Morgan fingerprint density at radius 1 is 1.00 bits per heavy atom. The van der Waals surface area contributed by atoms with E-state index in [1.165, 1.54) is 0 Å². The Labute approximate surface area is 166 Å². The number of Topliss-reactive ketones (excluding diaryl/α,β-unsaturated/α-hetero) is 1. The number of carbonyl (C=O) groups is 2. The van der Waals surface area contributed by atoms with Gasteiger partial charge in [0.2, 0.25) is 15.9 Å². The fraction of sp³-hybridized carbons (Fsp3) is 0.333. The average molecular weight is 403 g/mol. The van der Waals surface area contributed by atoms with E-state index in [4.69, 9.17) is 0 Å². The molecule has 2 aromatic rings. The molecule has 2 aromatic carbocycles. The van der Waals surface area contributed by atoms with Crippen LogP contribution in [-0.4, -0.2) is 26.4 Å². The van der Waals surface area contributed by atoms with E-state index >= 15 is 0 Å². The molecule has 0 saturated heterocycles. The summed E-state index contributed by atoms with van der Waals surface area (Å²) in [5.74, 6) is -0.344. The van der Waals surface area contributed by atoms with Crippen molar-refractivity contribution < 1.29 is 18.0 Å². The molecular formula is C21H26N2O4S. The van der Waals surface area contributed by atoms with Crippen LogP contribution < -0.4 is 10.0 Å². The molecular weight excluding hydrogens is 376 g/mol. The SMILES string of the molecule is Cc1ccc(C(=O)CCC(=O)N[C@H](C)c2ccccc2NS(C)(=O)=O)cc1C. The van der Waals surface area contributed by atoms with Crippen LogP contribution in [0.4, 0.5) is 5.69 Å². The molecule has 0 aliphatic rings. The molecule has 0 fully saturated rings. The highest BCUT2D eigenvalue weighted by atomic mass is 32.2. The van der Waals surface area contributed by atoms with Gasteiger partial charge in [-0.05, 0) is 49.6 Å². The van der Waals surface area contributed by atoms with Gasteiger partial charge in [0, 0.05) is 18.4 Å². The molecule has 0 aromatic heterocycles. The van der Waals surface area contributed by atoms with Crippen LogP contribution in [0.1, 0.15) is 52.9 Å². The van der Waals surface area contributed by atoms with Crippen molar-refractivity contribution in [2.24, 2.45) is 0 Å². The minimum atomic E-state index is -3.43. The lowest BCUT2D eigenvalue weighted by atomic mass is 10.0. The number of nitrogens with one attached hydrogen (secondary N) is 2. The monoisotopic (exact) mass is 402 g/mol. The maximum atomic E-state index is 12.3. The second kappa shape index (κ2) is 9.01. The minimum Gasteiger partial charge on any atom is -0.349 e. The lowest BCUT2D eigenvalue weighted by Crippen LogP contribution is -2.27. The molecule has 6 nitrogen and oxygen atoms in total. The van der Waals surface area contributed by atoms with Gasteiger partial charge in [-0.25, -0.2) is 8.42 Å². The van der Waals surface area contributed by atoms with Gasteiger partial charge in [-0.2, -0.15) is 0 Å². The van der Waals surface area contributed by atoms with Gasteiger partial charge >= 0.3 is 0 Å². The molecule has 0 unspecified atom stereocenters. The lowest BCUT2D eigenvalue weighted by Gasteiger charge is -2.18. The number of para-hydroxylation sites is 1. The number of hydrogen-bond acceptors (Lipinski definition) is 4. The summed E-state index contributed by atoms with van der Waals surface area (Å²) in [5.41, 5.74) is 3.83. The highest BCUT2D eigenvalue weighted by molar-refractivity contribution is 7.92. The van der Waals surface area contributed by atoms with E-state index in [0.717, 1.165) is 17.4 Å². The van der Waals surface area contributed by atoms with E-state index in [1.54, 1.807) is 37.3 Å². The number of anilines is 1. The molecule has 0 heterocycles. The predicted molar refractivity (Wildman–Crippen MR) is 111 cm³/mol. The Morgan fingerprint density at radius 2 is 1.68 bits per heavy atom. The zero-order chi connectivity index (χ0) is 20.9. The number of sulfonamides is 1. The van der Waals surface area contributed by atoms with E-state index in [0.29, 0.717) is 16.8 Å². The minimum absolute atomic E-state index is 0.0672.